The van der Waals surface area contributed by atoms with E-state index in [9.17, 15) is 0 Å². The van der Waals surface area contributed by atoms with Crippen LogP contribution < -0.4 is 5.73 Å². The Morgan fingerprint density at radius 1 is 1.15 bits per heavy atom. The number of hydrogen-bond donors (Lipinski definition) is 1. The summed E-state index contributed by atoms with van der Waals surface area (Å²) in [7, 11) is 0. The topological polar surface area (TPSA) is 43.8 Å². The van der Waals surface area contributed by atoms with Gasteiger partial charge in [-0.2, -0.15) is 0 Å². The lowest BCUT2D eigenvalue weighted by atomic mass is 9.98. The SMILES string of the molecule is CC(c1ccccc1)c1nc(C2CC2)n(C2CC2)c1N. The van der Waals surface area contributed by atoms with Crippen LogP contribution in [0.3, 0.4) is 0 Å². The van der Waals surface area contributed by atoms with Crippen LogP contribution in [-0.4, -0.2) is 9.55 Å². The average Bonchev–Trinajstić information content (AvgIpc) is 3.37. The largest absolute Gasteiger partial charge is 0.384 e. The summed E-state index contributed by atoms with van der Waals surface area (Å²) in [5.74, 6) is 3.09. The second-order valence-corrected chi connectivity index (χ2v) is 6.25. The van der Waals surface area contributed by atoms with Crippen molar-refractivity contribution < 1.29 is 0 Å². The molecule has 2 N–H and O–H groups in total. The third-order valence-corrected chi connectivity index (χ3v) is 4.57. The maximum atomic E-state index is 6.45. The predicted octanol–water partition coefficient (Wildman–Crippen LogP) is 3.83. The van der Waals surface area contributed by atoms with Crippen molar-refractivity contribution in [2.24, 2.45) is 0 Å². The van der Waals surface area contributed by atoms with E-state index < -0.39 is 0 Å². The lowest BCUT2D eigenvalue weighted by Gasteiger charge is -2.11. The predicted molar refractivity (Wildman–Crippen MR) is 80.8 cm³/mol. The van der Waals surface area contributed by atoms with E-state index in [2.05, 4.69) is 41.8 Å². The highest BCUT2D eigenvalue weighted by atomic mass is 15.2. The van der Waals surface area contributed by atoms with Crippen molar-refractivity contribution in [1.82, 2.24) is 9.55 Å². The molecule has 0 spiro atoms. The number of aromatic nitrogens is 2. The van der Waals surface area contributed by atoms with Crippen LogP contribution in [0, 0.1) is 0 Å². The Kier molecular flexibility index (Phi) is 2.62. The third kappa shape index (κ3) is 1.92. The summed E-state index contributed by atoms with van der Waals surface area (Å²) in [6, 6.07) is 11.2. The molecule has 4 rings (SSSR count). The maximum absolute atomic E-state index is 6.45. The molecule has 2 saturated carbocycles. The Morgan fingerprint density at radius 3 is 2.45 bits per heavy atom. The number of hydrogen-bond acceptors (Lipinski definition) is 2. The van der Waals surface area contributed by atoms with Crippen molar-refractivity contribution in [2.45, 2.75) is 50.5 Å². The van der Waals surface area contributed by atoms with Crippen LogP contribution in [0.1, 0.15) is 67.6 Å². The summed E-state index contributed by atoms with van der Waals surface area (Å²) in [6.07, 6.45) is 5.09. The quantitative estimate of drug-likeness (QED) is 0.915. The van der Waals surface area contributed by atoms with E-state index in [0.717, 1.165) is 11.5 Å². The Bertz CT molecular complexity index is 621. The molecule has 1 aromatic heterocycles. The van der Waals surface area contributed by atoms with Crippen molar-refractivity contribution in [3.8, 4) is 0 Å². The molecule has 0 radical (unpaired) electrons. The molecule has 2 aliphatic carbocycles. The molecule has 1 unspecified atom stereocenters. The summed E-state index contributed by atoms with van der Waals surface area (Å²) in [5, 5.41) is 0. The standard InChI is InChI=1S/C17H21N3/c1-11(12-5-3-2-4-6-12)15-16(18)20(14-9-10-14)17(19-15)13-7-8-13/h2-6,11,13-14H,7-10,18H2,1H3. The minimum Gasteiger partial charge on any atom is -0.384 e. The average molecular weight is 267 g/mol. The smallest absolute Gasteiger partial charge is 0.127 e. The number of rotatable bonds is 4. The van der Waals surface area contributed by atoms with Crippen LogP contribution in [0.15, 0.2) is 30.3 Å². The van der Waals surface area contributed by atoms with Gasteiger partial charge in [-0.15, -0.1) is 0 Å². The first-order valence-corrected chi connectivity index (χ1v) is 7.68. The minimum atomic E-state index is 0.272. The van der Waals surface area contributed by atoms with E-state index in [0.29, 0.717) is 12.0 Å². The van der Waals surface area contributed by atoms with Gasteiger partial charge in [0.1, 0.15) is 11.6 Å². The number of nitrogen functional groups attached to an aromatic ring is 1. The summed E-state index contributed by atoms with van der Waals surface area (Å²) in [5.41, 5.74) is 8.82. The molecule has 104 valence electrons. The third-order valence-electron chi connectivity index (χ3n) is 4.57. The lowest BCUT2D eigenvalue weighted by molar-refractivity contribution is 0.691. The molecule has 0 amide bonds. The molecule has 2 aliphatic rings. The molecule has 0 bridgehead atoms. The molecular weight excluding hydrogens is 246 g/mol. The van der Waals surface area contributed by atoms with Gasteiger partial charge in [0.05, 0.1) is 5.69 Å². The summed E-state index contributed by atoms with van der Waals surface area (Å²) < 4.78 is 2.34. The van der Waals surface area contributed by atoms with E-state index in [-0.39, 0.29) is 5.92 Å². The van der Waals surface area contributed by atoms with Crippen LogP contribution in [-0.2, 0) is 0 Å². The van der Waals surface area contributed by atoms with E-state index in [1.165, 1.54) is 37.1 Å². The number of benzene rings is 1. The zero-order valence-corrected chi connectivity index (χ0v) is 11.9. The van der Waals surface area contributed by atoms with Gasteiger partial charge < -0.3 is 10.3 Å². The van der Waals surface area contributed by atoms with Gasteiger partial charge in [0.15, 0.2) is 0 Å². The molecule has 2 fully saturated rings. The first kappa shape index (κ1) is 12.0. The Hall–Kier alpha value is -1.77. The first-order chi connectivity index (χ1) is 9.75. The first-order valence-electron chi connectivity index (χ1n) is 7.68. The molecule has 3 heteroatoms. The molecular formula is C17H21N3. The van der Waals surface area contributed by atoms with Gasteiger partial charge in [0.2, 0.25) is 0 Å². The minimum absolute atomic E-state index is 0.272. The molecule has 2 aromatic rings. The van der Waals surface area contributed by atoms with E-state index in [1.54, 1.807) is 0 Å². The molecule has 0 saturated heterocycles. The van der Waals surface area contributed by atoms with Crippen molar-refractivity contribution in [1.29, 1.82) is 0 Å². The Balaban J connectivity index is 1.76. The normalized spacial score (nSPS) is 20.1. The molecule has 3 nitrogen and oxygen atoms in total. The van der Waals surface area contributed by atoms with Crippen molar-refractivity contribution in [3.63, 3.8) is 0 Å². The maximum Gasteiger partial charge on any atom is 0.127 e. The van der Waals surface area contributed by atoms with Crippen LogP contribution in [0.5, 0.6) is 0 Å². The van der Waals surface area contributed by atoms with Crippen molar-refractivity contribution in [2.75, 3.05) is 5.73 Å². The van der Waals surface area contributed by atoms with Gasteiger partial charge >= 0.3 is 0 Å². The van der Waals surface area contributed by atoms with Gasteiger partial charge in [-0.1, -0.05) is 37.3 Å². The van der Waals surface area contributed by atoms with E-state index in [1.807, 2.05) is 0 Å². The zero-order valence-electron chi connectivity index (χ0n) is 11.9. The molecule has 0 aliphatic heterocycles. The Morgan fingerprint density at radius 2 is 1.85 bits per heavy atom. The van der Waals surface area contributed by atoms with Gasteiger partial charge in [0, 0.05) is 17.9 Å². The fraction of sp³-hybridized carbons (Fsp3) is 0.471. The van der Waals surface area contributed by atoms with E-state index in [4.69, 9.17) is 10.7 Å². The van der Waals surface area contributed by atoms with Crippen molar-refractivity contribution in [3.05, 3.63) is 47.4 Å². The zero-order chi connectivity index (χ0) is 13.7. The summed E-state index contributed by atoms with van der Waals surface area (Å²) >= 11 is 0. The highest BCUT2D eigenvalue weighted by molar-refractivity contribution is 5.46. The second kappa shape index (κ2) is 4.37. The fourth-order valence-corrected chi connectivity index (χ4v) is 3.05. The number of imidazole rings is 1. The molecule has 1 atom stereocenters. The van der Waals surface area contributed by atoms with Crippen molar-refractivity contribution >= 4 is 5.82 Å². The fourth-order valence-electron chi connectivity index (χ4n) is 3.05. The molecule has 1 aromatic carbocycles. The second-order valence-electron chi connectivity index (χ2n) is 6.25. The monoisotopic (exact) mass is 267 g/mol. The van der Waals surface area contributed by atoms with Crippen LogP contribution in [0.4, 0.5) is 5.82 Å². The van der Waals surface area contributed by atoms with E-state index >= 15 is 0 Å². The lowest BCUT2D eigenvalue weighted by Crippen LogP contribution is -2.06. The van der Waals surface area contributed by atoms with Gasteiger partial charge in [-0.3, -0.25) is 0 Å². The number of nitrogens with two attached hydrogens (primary N) is 1. The van der Waals surface area contributed by atoms with Crippen LogP contribution in [0.25, 0.3) is 0 Å². The molecule has 1 heterocycles. The highest BCUT2D eigenvalue weighted by Gasteiger charge is 2.37. The molecule has 20 heavy (non-hydrogen) atoms. The highest BCUT2D eigenvalue weighted by Crippen LogP contribution is 2.47. The van der Waals surface area contributed by atoms with Gasteiger partial charge in [-0.05, 0) is 31.2 Å². The summed E-state index contributed by atoms with van der Waals surface area (Å²) in [4.78, 5) is 4.95. The van der Waals surface area contributed by atoms with Gasteiger partial charge in [0.25, 0.3) is 0 Å². The van der Waals surface area contributed by atoms with Gasteiger partial charge in [-0.25, -0.2) is 4.98 Å². The number of nitrogens with zero attached hydrogens (tertiary/aromatic N) is 2. The van der Waals surface area contributed by atoms with Crippen LogP contribution >= 0.6 is 0 Å². The summed E-state index contributed by atoms with van der Waals surface area (Å²) in [6.45, 7) is 2.21. The number of anilines is 1. The van der Waals surface area contributed by atoms with Crippen LogP contribution in [0.2, 0.25) is 0 Å². The Labute approximate surface area is 119 Å².